The smallest absolute Gasteiger partial charge is 0.338 e. The van der Waals surface area contributed by atoms with Gasteiger partial charge in [-0.25, -0.2) is 9.79 Å². The fourth-order valence-corrected chi connectivity index (χ4v) is 1.78. The standard InChI is InChI=1S/C13H13NO4/c1-13(12(16)17-2)10(8-15)18-11(14-13)9-6-4-3-5-7-9/h3-8,10H,1-2H3/t10-,13-/m0/s1. The van der Waals surface area contributed by atoms with Gasteiger partial charge in [0.15, 0.2) is 12.4 Å². The third-order valence-electron chi connectivity index (χ3n) is 2.87. The number of aliphatic imine (C=N–C) groups is 1. The topological polar surface area (TPSA) is 65.0 Å². The molecule has 94 valence electrons. The van der Waals surface area contributed by atoms with E-state index in [0.29, 0.717) is 6.29 Å². The molecule has 1 aliphatic heterocycles. The second-order valence-electron chi connectivity index (χ2n) is 4.10. The molecule has 0 fully saturated rings. The van der Waals surface area contributed by atoms with Gasteiger partial charge in [-0.1, -0.05) is 18.2 Å². The molecule has 1 heterocycles. The molecule has 0 unspecified atom stereocenters. The van der Waals surface area contributed by atoms with Crippen molar-refractivity contribution in [3.8, 4) is 0 Å². The predicted molar refractivity (Wildman–Crippen MR) is 64.3 cm³/mol. The van der Waals surface area contributed by atoms with Crippen LogP contribution in [0.2, 0.25) is 0 Å². The number of ether oxygens (including phenoxy) is 2. The molecule has 0 bridgehead atoms. The highest BCUT2D eigenvalue weighted by Gasteiger charge is 2.49. The van der Waals surface area contributed by atoms with E-state index in [1.54, 1.807) is 12.1 Å². The number of nitrogens with zero attached hydrogens (tertiary/aromatic N) is 1. The quantitative estimate of drug-likeness (QED) is 0.589. The minimum atomic E-state index is -1.32. The summed E-state index contributed by atoms with van der Waals surface area (Å²) < 4.78 is 10.1. The number of carbonyl (C=O) groups excluding carboxylic acids is 2. The molecule has 0 N–H and O–H groups in total. The van der Waals surface area contributed by atoms with E-state index in [0.717, 1.165) is 5.56 Å². The fourth-order valence-electron chi connectivity index (χ4n) is 1.78. The van der Waals surface area contributed by atoms with Crippen LogP contribution in [0.3, 0.4) is 0 Å². The normalized spacial score (nSPS) is 26.1. The maximum Gasteiger partial charge on any atom is 0.338 e. The Hall–Kier alpha value is -2.17. The Labute approximate surface area is 104 Å². The van der Waals surface area contributed by atoms with E-state index >= 15 is 0 Å². The van der Waals surface area contributed by atoms with Gasteiger partial charge in [0.2, 0.25) is 11.4 Å². The number of rotatable bonds is 3. The molecule has 0 saturated carbocycles. The fraction of sp³-hybridized carbons (Fsp3) is 0.308. The summed E-state index contributed by atoms with van der Waals surface area (Å²) in [5.41, 5.74) is -0.598. The summed E-state index contributed by atoms with van der Waals surface area (Å²) in [5, 5.41) is 0. The number of hydrogen-bond acceptors (Lipinski definition) is 5. The van der Waals surface area contributed by atoms with Gasteiger partial charge in [0.1, 0.15) is 0 Å². The molecule has 0 aromatic heterocycles. The number of methoxy groups -OCH3 is 1. The van der Waals surface area contributed by atoms with E-state index in [1.807, 2.05) is 18.2 Å². The Balaban J connectivity index is 2.39. The van der Waals surface area contributed by atoms with Crippen molar-refractivity contribution >= 4 is 18.2 Å². The van der Waals surface area contributed by atoms with Crippen molar-refractivity contribution in [1.82, 2.24) is 0 Å². The number of hydrogen-bond donors (Lipinski definition) is 0. The van der Waals surface area contributed by atoms with Crippen molar-refractivity contribution < 1.29 is 19.1 Å². The average Bonchev–Trinajstić information content (AvgIpc) is 2.77. The molecule has 2 rings (SSSR count). The molecule has 0 amide bonds. The number of carbonyl (C=O) groups is 2. The third kappa shape index (κ3) is 1.88. The Bertz CT molecular complexity index is 497. The Morgan fingerprint density at radius 3 is 2.67 bits per heavy atom. The summed E-state index contributed by atoms with van der Waals surface area (Å²) in [6, 6.07) is 9.10. The Kier molecular flexibility index (Phi) is 3.14. The monoisotopic (exact) mass is 247 g/mol. The molecular formula is C13H13NO4. The third-order valence-corrected chi connectivity index (χ3v) is 2.87. The molecule has 1 aliphatic rings. The van der Waals surface area contributed by atoms with Crippen molar-refractivity contribution in [1.29, 1.82) is 0 Å². The van der Waals surface area contributed by atoms with Crippen LogP contribution in [0.5, 0.6) is 0 Å². The summed E-state index contributed by atoms with van der Waals surface area (Å²) in [4.78, 5) is 26.9. The van der Waals surface area contributed by atoms with Crippen molar-refractivity contribution in [2.75, 3.05) is 7.11 Å². The van der Waals surface area contributed by atoms with Gasteiger partial charge in [0.25, 0.3) is 0 Å². The minimum absolute atomic E-state index is 0.278. The highest BCUT2D eigenvalue weighted by atomic mass is 16.5. The average molecular weight is 247 g/mol. The highest BCUT2D eigenvalue weighted by molar-refractivity contribution is 6.01. The number of benzene rings is 1. The largest absolute Gasteiger partial charge is 0.467 e. The molecule has 0 spiro atoms. The van der Waals surface area contributed by atoms with Gasteiger partial charge in [-0.2, -0.15) is 0 Å². The van der Waals surface area contributed by atoms with Crippen LogP contribution in [-0.4, -0.2) is 36.9 Å². The molecular weight excluding hydrogens is 234 g/mol. The van der Waals surface area contributed by atoms with E-state index in [-0.39, 0.29) is 5.90 Å². The zero-order valence-corrected chi connectivity index (χ0v) is 10.1. The van der Waals surface area contributed by atoms with Gasteiger partial charge < -0.3 is 9.47 Å². The van der Waals surface area contributed by atoms with Crippen LogP contribution in [0.15, 0.2) is 35.3 Å². The van der Waals surface area contributed by atoms with Crippen LogP contribution in [0.4, 0.5) is 0 Å². The molecule has 1 aromatic carbocycles. The number of esters is 1. The Morgan fingerprint density at radius 2 is 2.11 bits per heavy atom. The summed E-state index contributed by atoms with van der Waals surface area (Å²) in [6.07, 6.45) is -0.392. The first-order valence-corrected chi connectivity index (χ1v) is 5.47. The number of aldehydes is 1. The summed E-state index contributed by atoms with van der Waals surface area (Å²) in [6.45, 7) is 1.52. The highest BCUT2D eigenvalue weighted by Crippen LogP contribution is 2.28. The van der Waals surface area contributed by atoms with Gasteiger partial charge in [0.05, 0.1) is 7.11 Å². The van der Waals surface area contributed by atoms with E-state index < -0.39 is 17.6 Å². The van der Waals surface area contributed by atoms with Gasteiger partial charge in [-0.05, 0) is 19.1 Å². The Morgan fingerprint density at radius 1 is 1.44 bits per heavy atom. The van der Waals surface area contributed by atoms with E-state index in [4.69, 9.17) is 4.74 Å². The first-order valence-electron chi connectivity index (χ1n) is 5.47. The van der Waals surface area contributed by atoms with Crippen molar-refractivity contribution in [2.24, 2.45) is 4.99 Å². The second kappa shape index (κ2) is 4.60. The maximum absolute atomic E-state index is 11.7. The first-order chi connectivity index (χ1) is 8.61. The lowest BCUT2D eigenvalue weighted by atomic mass is 9.97. The lowest BCUT2D eigenvalue weighted by Crippen LogP contribution is -2.44. The lowest BCUT2D eigenvalue weighted by molar-refractivity contribution is -0.150. The van der Waals surface area contributed by atoms with Gasteiger partial charge in [0, 0.05) is 5.56 Å². The van der Waals surface area contributed by atoms with Crippen LogP contribution >= 0.6 is 0 Å². The first kappa shape index (κ1) is 12.3. The molecule has 0 radical (unpaired) electrons. The zero-order valence-electron chi connectivity index (χ0n) is 10.1. The molecule has 2 atom stereocenters. The van der Waals surface area contributed by atoms with E-state index in [1.165, 1.54) is 14.0 Å². The van der Waals surface area contributed by atoms with E-state index in [2.05, 4.69) is 9.73 Å². The van der Waals surface area contributed by atoms with E-state index in [9.17, 15) is 9.59 Å². The minimum Gasteiger partial charge on any atom is -0.467 e. The van der Waals surface area contributed by atoms with Gasteiger partial charge in [-0.15, -0.1) is 0 Å². The van der Waals surface area contributed by atoms with Crippen LogP contribution in [-0.2, 0) is 19.1 Å². The maximum atomic E-state index is 11.7. The van der Waals surface area contributed by atoms with Crippen molar-refractivity contribution in [3.05, 3.63) is 35.9 Å². The molecule has 18 heavy (non-hydrogen) atoms. The summed E-state index contributed by atoms with van der Waals surface area (Å²) in [7, 11) is 1.26. The van der Waals surface area contributed by atoms with Crippen molar-refractivity contribution in [3.63, 3.8) is 0 Å². The SMILES string of the molecule is COC(=O)[C@@]1(C)N=C(c2ccccc2)O[C@H]1C=O. The van der Waals surface area contributed by atoms with Crippen LogP contribution in [0.25, 0.3) is 0 Å². The molecule has 1 aromatic rings. The van der Waals surface area contributed by atoms with Gasteiger partial charge in [-0.3, -0.25) is 4.79 Å². The molecule has 5 nitrogen and oxygen atoms in total. The lowest BCUT2D eigenvalue weighted by Gasteiger charge is -2.19. The molecule has 0 aliphatic carbocycles. The van der Waals surface area contributed by atoms with Crippen LogP contribution in [0, 0.1) is 0 Å². The molecule has 0 saturated heterocycles. The van der Waals surface area contributed by atoms with Crippen molar-refractivity contribution in [2.45, 2.75) is 18.6 Å². The van der Waals surface area contributed by atoms with Gasteiger partial charge >= 0.3 is 5.97 Å². The van der Waals surface area contributed by atoms with Crippen LogP contribution in [0.1, 0.15) is 12.5 Å². The van der Waals surface area contributed by atoms with Crippen LogP contribution < -0.4 is 0 Å². The summed E-state index contributed by atoms with van der Waals surface area (Å²) in [5.74, 6) is -0.314. The summed E-state index contributed by atoms with van der Waals surface area (Å²) >= 11 is 0. The second-order valence-corrected chi connectivity index (χ2v) is 4.10. The molecule has 5 heteroatoms. The zero-order chi connectivity index (χ0) is 13.2. The predicted octanol–water partition coefficient (Wildman–Crippen LogP) is 0.963.